The van der Waals surface area contributed by atoms with E-state index in [-0.39, 0.29) is 57.5 Å². The molecule has 5 amide bonds. The quantitative estimate of drug-likeness (QED) is 0.0916. The first kappa shape index (κ1) is 45.6. The van der Waals surface area contributed by atoms with Crippen molar-refractivity contribution in [3.8, 4) is 0 Å². The average Bonchev–Trinajstić information content (AvgIpc) is 3.87. The first-order chi connectivity index (χ1) is 26.6. The van der Waals surface area contributed by atoms with Gasteiger partial charge in [0.25, 0.3) is 0 Å². The van der Waals surface area contributed by atoms with Gasteiger partial charge in [0.2, 0.25) is 29.5 Å². The summed E-state index contributed by atoms with van der Waals surface area (Å²) in [6, 6.07) is 8.09. The molecule has 0 aliphatic rings. The van der Waals surface area contributed by atoms with Gasteiger partial charge in [0, 0.05) is 56.6 Å². The van der Waals surface area contributed by atoms with Crippen LogP contribution in [0.5, 0.6) is 0 Å². The van der Waals surface area contributed by atoms with Crippen molar-refractivity contribution in [1.82, 2.24) is 50.8 Å². The first-order valence-electron chi connectivity index (χ1n) is 18.7. The molecule has 2 aromatic heterocycles. The van der Waals surface area contributed by atoms with Crippen LogP contribution in [0.2, 0.25) is 0 Å². The summed E-state index contributed by atoms with van der Waals surface area (Å²) in [6.45, 7) is 10.0. The molecule has 17 nitrogen and oxygen atoms in total. The van der Waals surface area contributed by atoms with Crippen molar-refractivity contribution in [2.45, 2.75) is 73.4 Å². The highest BCUT2D eigenvalue weighted by atomic mass is 35.5. The second-order valence-corrected chi connectivity index (χ2v) is 15.7. The molecule has 2 heterocycles. The largest absolute Gasteiger partial charge is 0.369 e. The molecule has 0 bridgehead atoms. The molecular formula is C37H56Cl2N12O5. The lowest BCUT2D eigenvalue weighted by Crippen LogP contribution is -2.54. The fraction of sp³-hybridized carbons (Fsp3) is 0.595. The predicted molar refractivity (Wildman–Crippen MR) is 213 cm³/mol. The van der Waals surface area contributed by atoms with Crippen molar-refractivity contribution in [2.24, 2.45) is 16.6 Å². The minimum atomic E-state index is -1.13. The van der Waals surface area contributed by atoms with E-state index in [0.717, 1.165) is 11.3 Å². The number of H-pyrrole nitrogens is 2. The molecule has 1 aromatic carbocycles. The second kappa shape index (κ2) is 22.1. The Balaban J connectivity index is 1.64. The lowest BCUT2D eigenvalue weighted by molar-refractivity contribution is -0.150. The van der Waals surface area contributed by atoms with Gasteiger partial charge in [0.15, 0.2) is 0 Å². The van der Waals surface area contributed by atoms with Gasteiger partial charge in [0.1, 0.15) is 11.4 Å². The smallest absolute Gasteiger partial charge is 0.242 e. The minimum Gasteiger partial charge on any atom is -0.369 e. The molecule has 0 saturated heterocycles. The molecule has 0 spiro atoms. The number of amides is 5. The van der Waals surface area contributed by atoms with Crippen molar-refractivity contribution in [3.63, 3.8) is 0 Å². The van der Waals surface area contributed by atoms with Crippen LogP contribution in [0.25, 0.3) is 0 Å². The number of nitrogens with zero attached hydrogens (tertiary/aromatic N) is 8. The minimum absolute atomic E-state index is 0.00288. The summed E-state index contributed by atoms with van der Waals surface area (Å²) < 4.78 is 0. The lowest BCUT2D eigenvalue weighted by Gasteiger charge is -2.39. The normalized spacial score (nSPS) is 11.6. The highest BCUT2D eigenvalue weighted by Crippen LogP contribution is 2.28. The third-order valence-corrected chi connectivity index (χ3v) is 9.39. The summed E-state index contributed by atoms with van der Waals surface area (Å²) in [6.07, 6.45) is 5.04. The van der Waals surface area contributed by atoms with E-state index < -0.39 is 28.6 Å². The van der Waals surface area contributed by atoms with E-state index in [1.165, 1.54) is 22.2 Å². The number of aryl methyl sites for hydroxylation is 1. The van der Waals surface area contributed by atoms with Gasteiger partial charge >= 0.3 is 0 Å². The van der Waals surface area contributed by atoms with Crippen LogP contribution < -0.4 is 16.0 Å². The second-order valence-electron chi connectivity index (χ2n) is 15.0. The van der Waals surface area contributed by atoms with Crippen molar-refractivity contribution in [3.05, 3.63) is 53.6 Å². The van der Waals surface area contributed by atoms with Gasteiger partial charge in [-0.25, -0.2) is 0 Å². The zero-order valence-electron chi connectivity index (χ0n) is 33.0. The molecule has 0 fully saturated rings. The molecule has 0 saturated carbocycles. The van der Waals surface area contributed by atoms with Gasteiger partial charge in [-0.15, -0.1) is 23.2 Å². The van der Waals surface area contributed by atoms with Crippen molar-refractivity contribution in [1.29, 1.82) is 0 Å². The molecule has 0 atom stereocenters. The Kier molecular flexibility index (Phi) is 18.0. The molecule has 19 heteroatoms. The summed E-state index contributed by atoms with van der Waals surface area (Å²) in [5.74, 6) is -1.03. The summed E-state index contributed by atoms with van der Waals surface area (Å²) in [4.78, 5) is 73.0. The van der Waals surface area contributed by atoms with Crippen LogP contribution in [0.4, 0.5) is 5.69 Å². The molecule has 5 N–H and O–H groups in total. The number of carbonyl (C=O) groups excluding carboxylic acids is 5. The maximum atomic E-state index is 14.3. The number of hydrogen-bond donors (Lipinski definition) is 4. The standard InChI is InChI=1S/C37H56Cl2N12O5/c1-6-16-49(25-36(2,3)35(56)50(24-31(40)52)22-28-19-42-46-44-28)34(55)37(4,5)26-51(23-29-20-43-47-45-29)33(54)21-41-32(53)9-7-8-27-10-12-30(13-11-27)48(17-14-38)18-15-39/h10-13,19-20H,6-9,14-18,21-26H2,1-5H3,(H2,40,52)(H,41,53)(H,42,44,46)(H,43,45,47). The Morgan fingerprint density at radius 3 is 1.82 bits per heavy atom. The van der Waals surface area contributed by atoms with Crippen molar-refractivity contribution >= 4 is 58.4 Å². The van der Waals surface area contributed by atoms with Gasteiger partial charge in [0.05, 0.1) is 49.4 Å². The van der Waals surface area contributed by atoms with Crippen LogP contribution in [-0.4, -0.2) is 133 Å². The average molecular weight is 820 g/mol. The van der Waals surface area contributed by atoms with Crippen LogP contribution in [0.15, 0.2) is 36.7 Å². The zero-order valence-corrected chi connectivity index (χ0v) is 34.5. The maximum absolute atomic E-state index is 14.3. The highest BCUT2D eigenvalue weighted by Gasteiger charge is 2.40. The van der Waals surface area contributed by atoms with Gasteiger partial charge in [-0.2, -0.15) is 30.8 Å². The Hall–Kier alpha value is -4.77. The third kappa shape index (κ3) is 14.4. The molecule has 308 valence electrons. The van der Waals surface area contributed by atoms with E-state index in [2.05, 4.69) is 41.0 Å². The van der Waals surface area contributed by atoms with E-state index in [0.29, 0.717) is 62.0 Å². The molecule has 3 rings (SSSR count). The van der Waals surface area contributed by atoms with Crippen LogP contribution in [0, 0.1) is 10.8 Å². The molecule has 0 aliphatic carbocycles. The Morgan fingerprint density at radius 1 is 0.786 bits per heavy atom. The fourth-order valence-electron chi connectivity index (χ4n) is 6.36. The van der Waals surface area contributed by atoms with Crippen LogP contribution in [0.1, 0.15) is 70.8 Å². The summed E-state index contributed by atoms with van der Waals surface area (Å²) >= 11 is 11.9. The number of anilines is 1. The molecule has 3 aromatic rings. The number of nitrogens with one attached hydrogen (secondary N) is 3. The number of benzene rings is 1. The molecule has 0 radical (unpaired) electrons. The number of rotatable bonds is 25. The van der Waals surface area contributed by atoms with Crippen molar-refractivity contribution < 1.29 is 24.0 Å². The highest BCUT2D eigenvalue weighted by molar-refractivity contribution is 6.18. The number of primary amides is 1. The van der Waals surface area contributed by atoms with Crippen molar-refractivity contribution in [2.75, 3.05) is 62.5 Å². The van der Waals surface area contributed by atoms with E-state index >= 15 is 0 Å². The number of alkyl halides is 2. The first-order valence-corrected chi connectivity index (χ1v) is 19.7. The number of aromatic amines is 2. The summed E-state index contributed by atoms with van der Waals surface area (Å²) in [7, 11) is 0. The third-order valence-electron chi connectivity index (χ3n) is 9.05. The van der Waals surface area contributed by atoms with Gasteiger partial charge in [-0.1, -0.05) is 19.1 Å². The van der Waals surface area contributed by atoms with E-state index in [1.54, 1.807) is 32.6 Å². The van der Waals surface area contributed by atoms with Crippen LogP contribution >= 0.6 is 23.2 Å². The summed E-state index contributed by atoms with van der Waals surface area (Å²) in [5, 5.41) is 23.5. The number of hydrogen-bond acceptors (Lipinski definition) is 10. The van der Waals surface area contributed by atoms with Crippen LogP contribution in [-0.2, 0) is 43.5 Å². The number of nitrogens with two attached hydrogens (primary N) is 1. The number of carbonyl (C=O) groups is 5. The van der Waals surface area contributed by atoms with E-state index in [4.69, 9.17) is 28.9 Å². The van der Waals surface area contributed by atoms with Gasteiger partial charge in [-0.05, 0) is 64.7 Å². The Labute approximate surface area is 338 Å². The fourth-order valence-corrected chi connectivity index (χ4v) is 6.76. The zero-order chi connectivity index (χ0) is 41.3. The number of halogens is 2. The SMILES string of the molecule is CCCN(CC(C)(C)C(=O)N(CC(N)=O)Cc1cn[nH]n1)C(=O)C(C)(C)CN(Cc1cn[nH]n1)C(=O)CNC(=O)CCCc1ccc(N(CCCl)CCCl)cc1. The predicted octanol–water partition coefficient (Wildman–Crippen LogP) is 2.48. The Morgan fingerprint density at radius 2 is 1.32 bits per heavy atom. The van der Waals surface area contributed by atoms with E-state index in [9.17, 15) is 24.0 Å². The van der Waals surface area contributed by atoms with Gasteiger partial charge in [-0.3, -0.25) is 24.0 Å². The summed E-state index contributed by atoms with van der Waals surface area (Å²) in [5.41, 5.74) is 6.27. The van der Waals surface area contributed by atoms with E-state index in [1.807, 2.05) is 31.2 Å². The Bertz CT molecular complexity index is 1680. The number of aromatic nitrogens is 6. The molecular weight excluding hydrogens is 763 g/mol. The molecule has 0 aliphatic heterocycles. The van der Waals surface area contributed by atoms with Crippen LogP contribution in [0.3, 0.4) is 0 Å². The van der Waals surface area contributed by atoms with Gasteiger partial charge < -0.3 is 30.7 Å². The monoisotopic (exact) mass is 818 g/mol. The lowest BCUT2D eigenvalue weighted by atomic mass is 9.86. The molecule has 56 heavy (non-hydrogen) atoms. The maximum Gasteiger partial charge on any atom is 0.242 e. The topological polar surface area (TPSA) is 220 Å². The molecule has 0 unspecified atom stereocenters.